The number of sulfonamides is 1. The summed E-state index contributed by atoms with van der Waals surface area (Å²) in [5.74, 6) is -0.900. The first kappa shape index (κ1) is 17.4. The van der Waals surface area contributed by atoms with Crippen molar-refractivity contribution in [3.63, 3.8) is 0 Å². The van der Waals surface area contributed by atoms with E-state index >= 15 is 0 Å². The Balaban J connectivity index is 2.01. The van der Waals surface area contributed by atoms with Gasteiger partial charge in [-0.3, -0.25) is 9.52 Å². The molecule has 1 amide bonds. The smallest absolute Gasteiger partial charge is 0.261 e. The number of hydrogen-bond donors (Lipinski definition) is 2. The van der Waals surface area contributed by atoms with E-state index in [1.807, 2.05) is 0 Å². The van der Waals surface area contributed by atoms with Gasteiger partial charge in [-0.2, -0.15) is 0 Å². The highest BCUT2D eigenvalue weighted by atomic mass is 35.5. The predicted molar refractivity (Wildman–Crippen MR) is 95.6 cm³/mol. The summed E-state index contributed by atoms with van der Waals surface area (Å²) in [7, 11) is -3.92. The lowest BCUT2D eigenvalue weighted by molar-refractivity contribution is -0.110. The van der Waals surface area contributed by atoms with Crippen LogP contribution in [-0.2, 0) is 14.8 Å². The van der Waals surface area contributed by atoms with Crippen LogP contribution in [-0.4, -0.2) is 14.3 Å². The molecule has 130 valence electrons. The lowest BCUT2D eigenvalue weighted by Gasteiger charge is -2.10. The Bertz CT molecular complexity index is 1030. The maximum Gasteiger partial charge on any atom is 0.261 e. The van der Waals surface area contributed by atoms with Gasteiger partial charge in [0.15, 0.2) is 0 Å². The maximum absolute atomic E-state index is 13.2. The average molecular weight is 381 g/mol. The molecule has 1 aliphatic rings. The van der Waals surface area contributed by atoms with Crippen LogP contribution >= 0.6 is 11.6 Å². The number of allylic oxidation sites excluding steroid dienone is 1. The van der Waals surface area contributed by atoms with Gasteiger partial charge in [-0.1, -0.05) is 17.2 Å². The second kappa shape index (κ2) is 6.16. The molecule has 0 fully saturated rings. The fourth-order valence-corrected chi connectivity index (χ4v) is 3.84. The largest absolute Gasteiger partial charge is 0.321 e. The third-order valence-electron chi connectivity index (χ3n) is 3.72. The Morgan fingerprint density at radius 2 is 1.88 bits per heavy atom. The zero-order valence-electron chi connectivity index (χ0n) is 13.4. The van der Waals surface area contributed by atoms with Crippen molar-refractivity contribution < 1.29 is 17.6 Å². The molecule has 0 unspecified atom stereocenters. The molecule has 2 aromatic carbocycles. The highest BCUT2D eigenvalue weighted by Crippen LogP contribution is 2.35. The van der Waals surface area contributed by atoms with Gasteiger partial charge in [0.2, 0.25) is 0 Å². The fraction of sp³-hybridized carbons (Fsp3) is 0.118. The molecule has 25 heavy (non-hydrogen) atoms. The number of rotatable bonds is 3. The monoisotopic (exact) mass is 380 g/mol. The lowest BCUT2D eigenvalue weighted by Crippen LogP contribution is -2.13. The molecule has 0 saturated heterocycles. The number of carbonyl (C=O) groups excluding carboxylic acids is 1. The van der Waals surface area contributed by atoms with Crippen LogP contribution in [0.1, 0.15) is 19.4 Å². The summed E-state index contributed by atoms with van der Waals surface area (Å²) in [5.41, 5.74) is 2.47. The van der Waals surface area contributed by atoms with Gasteiger partial charge in [0.25, 0.3) is 15.9 Å². The first-order valence-electron chi connectivity index (χ1n) is 7.30. The van der Waals surface area contributed by atoms with Crippen molar-refractivity contribution in [3.8, 4) is 0 Å². The molecule has 0 aliphatic carbocycles. The molecular formula is C17H14ClFN2O3S. The molecule has 2 aromatic rings. The molecule has 0 saturated carbocycles. The highest BCUT2D eigenvalue weighted by Gasteiger charge is 2.27. The SMILES string of the molecule is CC(C)=C1C(=O)Nc2ccc(S(=O)(=O)Nc3ccc(F)c(Cl)c3)cc21. The Morgan fingerprint density at radius 1 is 1.16 bits per heavy atom. The first-order valence-corrected chi connectivity index (χ1v) is 9.16. The van der Waals surface area contributed by atoms with Gasteiger partial charge in [-0.25, -0.2) is 12.8 Å². The van der Waals surface area contributed by atoms with E-state index < -0.39 is 15.8 Å². The molecule has 0 atom stereocenters. The van der Waals surface area contributed by atoms with E-state index in [9.17, 15) is 17.6 Å². The predicted octanol–water partition coefficient (Wildman–Crippen LogP) is 4.03. The van der Waals surface area contributed by atoms with Gasteiger partial charge in [0, 0.05) is 16.8 Å². The summed E-state index contributed by atoms with van der Waals surface area (Å²) in [6.07, 6.45) is 0. The zero-order chi connectivity index (χ0) is 18.4. The van der Waals surface area contributed by atoms with E-state index in [1.54, 1.807) is 13.8 Å². The molecule has 2 N–H and O–H groups in total. The van der Waals surface area contributed by atoms with Crippen molar-refractivity contribution in [1.29, 1.82) is 0 Å². The summed E-state index contributed by atoms with van der Waals surface area (Å²) in [4.78, 5) is 12.0. The first-order chi connectivity index (χ1) is 11.7. The van der Waals surface area contributed by atoms with Crippen molar-refractivity contribution >= 4 is 44.5 Å². The van der Waals surface area contributed by atoms with Gasteiger partial charge in [0.1, 0.15) is 5.82 Å². The van der Waals surface area contributed by atoms with Crippen molar-refractivity contribution in [2.45, 2.75) is 18.7 Å². The van der Waals surface area contributed by atoms with Crippen molar-refractivity contribution in [2.24, 2.45) is 0 Å². The van der Waals surface area contributed by atoms with E-state index in [-0.39, 0.29) is 21.5 Å². The van der Waals surface area contributed by atoms with Crippen molar-refractivity contribution in [2.75, 3.05) is 10.0 Å². The second-order valence-corrected chi connectivity index (χ2v) is 7.86. The molecule has 0 bridgehead atoms. The normalized spacial score (nSPS) is 13.4. The quantitative estimate of drug-likeness (QED) is 0.789. The Labute approximate surface area is 149 Å². The number of nitrogens with one attached hydrogen (secondary N) is 2. The summed E-state index contributed by atoms with van der Waals surface area (Å²) >= 11 is 5.67. The molecule has 1 heterocycles. The third kappa shape index (κ3) is 3.25. The molecule has 3 rings (SSSR count). The molecule has 0 aromatic heterocycles. The van der Waals surface area contributed by atoms with E-state index in [2.05, 4.69) is 10.0 Å². The van der Waals surface area contributed by atoms with Crippen LogP contribution in [0.4, 0.5) is 15.8 Å². The number of halogens is 2. The van der Waals surface area contributed by atoms with Crippen LogP contribution in [0.2, 0.25) is 5.02 Å². The van der Waals surface area contributed by atoms with Crippen molar-refractivity contribution in [1.82, 2.24) is 0 Å². The Morgan fingerprint density at radius 3 is 2.52 bits per heavy atom. The van der Waals surface area contributed by atoms with Gasteiger partial charge in [-0.05, 0) is 50.2 Å². The number of anilines is 2. The number of carbonyl (C=O) groups is 1. The minimum absolute atomic E-state index is 0.0121. The topological polar surface area (TPSA) is 75.3 Å². The number of amides is 1. The minimum atomic E-state index is -3.92. The second-order valence-electron chi connectivity index (χ2n) is 5.77. The van der Waals surface area contributed by atoms with E-state index in [1.165, 1.54) is 30.3 Å². The summed E-state index contributed by atoms with van der Waals surface area (Å²) < 4.78 is 40.7. The number of fused-ring (bicyclic) bond motifs is 1. The zero-order valence-corrected chi connectivity index (χ0v) is 14.9. The summed E-state index contributed by atoms with van der Waals surface area (Å²) in [5, 5.41) is 2.52. The van der Waals surface area contributed by atoms with Gasteiger partial charge >= 0.3 is 0 Å². The van der Waals surface area contributed by atoms with E-state index in [0.29, 0.717) is 16.8 Å². The van der Waals surface area contributed by atoms with E-state index in [4.69, 9.17) is 11.6 Å². The standard InChI is InChI=1S/C17H14ClFN2O3S/c1-9(2)16-12-8-11(4-6-15(12)20-17(16)22)25(23,24)21-10-3-5-14(19)13(18)7-10/h3-8,21H,1-2H3,(H,20,22). The lowest BCUT2D eigenvalue weighted by atomic mass is 10.0. The van der Waals surface area contributed by atoms with Gasteiger partial charge < -0.3 is 5.32 Å². The van der Waals surface area contributed by atoms with Crippen LogP contribution in [0.25, 0.3) is 5.57 Å². The fourth-order valence-electron chi connectivity index (χ4n) is 2.58. The van der Waals surface area contributed by atoms with Gasteiger partial charge in [-0.15, -0.1) is 0 Å². The van der Waals surface area contributed by atoms with E-state index in [0.717, 1.165) is 11.6 Å². The molecule has 8 heteroatoms. The molecule has 1 aliphatic heterocycles. The van der Waals surface area contributed by atoms with Crippen LogP contribution in [0.3, 0.4) is 0 Å². The molecular weight excluding hydrogens is 367 g/mol. The Kier molecular flexibility index (Phi) is 4.30. The third-order valence-corrected chi connectivity index (χ3v) is 5.39. The van der Waals surface area contributed by atoms with Crippen LogP contribution < -0.4 is 10.0 Å². The number of benzene rings is 2. The summed E-state index contributed by atoms with van der Waals surface area (Å²) in [6.45, 7) is 3.56. The molecule has 0 radical (unpaired) electrons. The van der Waals surface area contributed by atoms with Crippen LogP contribution in [0.5, 0.6) is 0 Å². The molecule has 0 spiro atoms. The average Bonchev–Trinajstić information content (AvgIpc) is 2.85. The van der Waals surface area contributed by atoms with Crippen LogP contribution in [0, 0.1) is 5.82 Å². The highest BCUT2D eigenvalue weighted by molar-refractivity contribution is 7.92. The minimum Gasteiger partial charge on any atom is -0.321 e. The summed E-state index contributed by atoms with van der Waals surface area (Å²) in [6, 6.07) is 7.90. The van der Waals surface area contributed by atoms with Crippen LogP contribution in [0.15, 0.2) is 46.9 Å². The molecule has 5 nitrogen and oxygen atoms in total. The Hall–Kier alpha value is -2.38. The van der Waals surface area contributed by atoms with Gasteiger partial charge in [0.05, 0.1) is 15.6 Å². The number of hydrogen-bond acceptors (Lipinski definition) is 3. The van der Waals surface area contributed by atoms with Crippen molar-refractivity contribution in [3.05, 3.63) is 58.4 Å². The maximum atomic E-state index is 13.2.